The molecule has 0 bridgehead atoms. The summed E-state index contributed by atoms with van der Waals surface area (Å²) >= 11 is 6.06. The topological polar surface area (TPSA) is 92.5 Å². The molecule has 8 nitrogen and oxygen atoms in total. The normalized spacial score (nSPS) is 16.1. The maximum absolute atomic E-state index is 13.7. The number of carbonyl (C=O) groups excluding carboxylic acids is 2. The molecule has 0 aliphatic carbocycles. The highest BCUT2D eigenvalue weighted by Gasteiger charge is 2.45. The SMILES string of the molecule is COc1cccc(C2C(C(=O)c3cc4cc(Cl)ccc4o3)=C(O)C(=O)N2CCN(C)C)c1OC. The Morgan fingerprint density at radius 3 is 2.62 bits per heavy atom. The number of nitrogens with zero attached hydrogens (tertiary/aromatic N) is 2. The van der Waals surface area contributed by atoms with Crippen molar-refractivity contribution in [2.24, 2.45) is 0 Å². The van der Waals surface area contributed by atoms with Crippen LogP contribution in [0.4, 0.5) is 0 Å². The van der Waals surface area contributed by atoms with E-state index in [2.05, 4.69) is 0 Å². The number of hydrogen-bond donors (Lipinski definition) is 1. The fourth-order valence-corrected chi connectivity index (χ4v) is 4.31. The Bertz CT molecular complexity index is 1300. The van der Waals surface area contributed by atoms with E-state index in [1.54, 1.807) is 42.5 Å². The average Bonchev–Trinajstić information content (AvgIpc) is 3.35. The number of amides is 1. The van der Waals surface area contributed by atoms with Gasteiger partial charge in [0.05, 0.1) is 25.8 Å². The van der Waals surface area contributed by atoms with Gasteiger partial charge in [0.2, 0.25) is 5.78 Å². The van der Waals surface area contributed by atoms with Crippen LogP contribution in [0.5, 0.6) is 11.5 Å². The number of hydrogen-bond acceptors (Lipinski definition) is 7. The van der Waals surface area contributed by atoms with Crippen LogP contribution in [0.15, 0.2) is 58.2 Å². The minimum absolute atomic E-state index is 0.00654. The van der Waals surface area contributed by atoms with Crippen LogP contribution in [-0.2, 0) is 4.79 Å². The van der Waals surface area contributed by atoms with Crippen molar-refractivity contribution in [2.75, 3.05) is 41.4 Å². The summed E-state index contributed by atoms with van der Waals surface area (Å²) in [5, 5.41) is 12.0. The molecule has 178 valence electrons. The first-order chi connectivity index (χ1) is 16.3. The van der Waals surface area contributed by atoms with Crippen LogP contribution in [0.1, 0.15) is 22.2 Å². The quantitative estimate of drug-likeness (QED) is 0.478. The van der Waals surface area contributed by atoms with Crippen molar-refractivity contribution >= 4 is 34.3 Å². The van der Waals surface area contributed by atoms with Gasteiger partial charge in [-0.2, -0.15) is 0 Å². The number of furan rings is 1. The summed E-state index contributed by atoms with van der Waals surface area (Å²) in [7, 11) is 6.74. The molecule has 2 aromatic carbocycles. The zero-order chi connectivity index (χ0) is 24.6. The van der Waals surface area contributed by atoms with Crippen LogP contribution in [-0.4, -0.2) is 68.0 Å². The molecule has 1 aliphatic rings. The lowest BCUT2D eigenvalue weighted by molar-refractivity contribution is -0.129. The van der Waals surface area contributed by atoms with Gasteiger partial charge in [0.25, 0.3) is 5.91 Å². The summed E-state index contributed by atoms with van der Waals surface area (Å²) in [4.78, 5) is 30.2. The van der Waals surface area contributed by atoms with E-state index in [4.69, 9.17) is 25.5 Å². The molecule has 1 N–H and O–H groups in total. The first kappa shape index (κ1) is 23.7. The maximum atomic E-state index is 13.7. The van der Waals surface area contributed by atoms with Crippen LogP contribution >= 0.6 is 11.6 Å². The van der Waals surface area contributed by atoms with E-state index in [1.165, 1.54) is 19.1 Å². The Morgan fingerprint density at radius 2 is 1.94 bits per heavy atom. The fourth-order valence-electron chi connectivity index (χ4n) is 4.13. The largest absolute Gasteiger partial charge is 0.503 e. The Kier molecular flexibility index (Phi) is 6.54. The summed E-state index contributed by atoms with van der Waals surface area (Å²) in [6, 6.07) is 10.9. The number of methoxy groups -OCH3 is 2. The van der Waals surface area contributed by atoms with Crippen LogP contribution in [0.25, 0.3) is 11.0 Å². The molecular formula is C25H25ClN2O6. The predicted octanol–water partition coefficient (Wildman–Crippen LogP) is 4.24. The zero-order valence-electron chi connectivity index (χ0n) is 19.3. The van der Waals surface area contributed by atoms with Gasteiger partial charge >= 0.3 is 0 Å². The molecule has 1 atom stereocenters. The number of aliphatic hydroxyl groups is 1. The van der Waals surface area contributed by atoms with Gasteiger partial charge in [-0.1, -0.05) is 23.7 Å². The van der Waals surface area contributed by atoms with Gasteiger partial charge in [-0.15, -0.1) is 0 Å². The lowest BCUT2D eigenvalue weighted by atomic mass is 9.94. The number of benzene rings is 2. The van der Waals surface area contributed by atoms with Crippen molar-refractivity contribution in [3.8, 4) is 11.5 Å². The third-order valence-corrected chi connectivity index (χ3v) is 6.00. The molecule has 0 saturated heterocycles. The van der Waals surface area contributed by atoms with E-state index in [9.17, 15) is 14.7 Å². The van der Waals surface area contributed by atoms with Gasteiger partial charge in [-0.05, 0) is 44.4 Å². The first-order valence-corrected chi connectivity index (χ1v) is 11.0. The molecule has 2 heterocycles. The third-order valence-electron chi connectivity index (χ3n) is 5.77. The third kappa shape index (κ3) is 4.10. The van der Waals surface area contributed by atoms with E-state index in [-0.39, 0.29) is 17.9 Å². The van der Waals surface area contributed by atoms with E-state index in [0.717, 1.165) is 0 Å². The number of fused-ring (bicyclic) bond motifs is 1. The van der Waals surface area contributed by atoms with Gasteiger partial charge < -0.3 is 28.8 Å². The predicted molar refractivity (Wildman–Crippen MR) is 128 cm³/mol. The fraction of sp³-hybridized carbons (Fsp3) is 0.280. The van der Waals surface area contributed by atoms with Crippen LogP contribution in [0, 0.1) is 0 Å². The number of aliphatic hydroxyl groups excluding tert-OH is 1. The summed E-state index contributed by atoms with van der Waals surface area (Å²) in [6.07, 6.45) is 0. The second-order valence-electron chi connectivity index (χ2n) is 8.17. The molecule has 1 unspecified atom stereocenters. The highest BCUT2D eigenvalue weighted by Crippen LogP contribution is 2.45. The van der Waals surface area contributed by atoms with E-state index in [0.29, 0.717) is 39.6 Å². The lowest BCUT2D eigenvalue weighted by Gasteiger charge is -2.29. The number of halogens is 1. The van der Waals surface area contributed by atoms with Gasteiger partial charge in [0, 0.05) is 29.1 Å². The number of rotatable bonds is 8. The molecule has 1 aliphatic heterocycles. The smallest absolute Gasteiger partial charge is 0.290 e. The van der Waals surface area contributed by atoms with Gasteiger partial charge in [-0.3, -0.25) is 9.59 Å². The van der Waals surface area contributed by atoms with Crippen molar-refractivity contribution < 1.29 is 28.6 Å². The summed E-state index contributed by atoms with van der Waals surface area (Å²) in [6.45, 7) is 0.792. The Balaban J connectivity index is 1.86. The number of Topliss-reactive ketones (excluding diaryl/α,β-unsaturated/α-hetero) is 1. The number of likely N-dealkylation sites (N-methyl/N-ethyl adjacent to an activating group) is 1. The summed E-state index contributed by atoms with van der Waals surface area (Å²) in [5.41, 5.74) is 0.901. The van der Waals surface area contributed by atoms with E-state index < -0.39 is 23.5 Å². The van der Waals surface area contributed by atoms with Gasteiger partial charge in [-0.25, -0.2) is 0 Å². The van der Waals surface area contributed by atoms with E-state index >= 15 is 0 Å². The highest BCUT2D eigenvalue weighted by molar-refractivity contribution is 6.31. The number of para-hydroxylation sites is 1. The van der Waals surface area contributed by atoms with Crippen LogP contribution < -0.4 is 9.47 Å². The zero-order valence-corrected chi connectivity index (χ0v) is 20.0. The molecule has 0 saturated carbocycles. The second-order valence-corrected chi connectivity index (χ2v) is 8.61. The molecule has 4 rings (SSSR count). The van der Waals surface area contributed by atoms with Crippen molar-refractivity contribution in [2.45, 2.75) is 6.04 Å². The molecule has 34 heavy (non-hydrogen) atoms. The first-order valence-electron chi connectivity index (χ1n) is 10.6. The van der Waals surface area contributed by atoms with Crippen LogP contribution in [0.2, 0.25) is 5.02 Å². The van der Waals surface area contributed by atoms with E-state index in [1.807, 2.05) is 19.0 Å². The van der Waals surface area contributed by atoms with Gasteiger partial charge in [0.1, 0.15) is 5.58 Å². The number of carbonyl (C=O) groups is 2. The van der Waals surface area contributed by atoms with Crippen molar-refractivity contribution in [3.63, 3.8) is 0 Å². The average molecular weight is 485 g/mol. The molecule has 1 aromatic heterocycles. The monoisotopic (exact) mass is 484 g/mol. The van der Waals surface area contributed by atoms with Crippen molar-refractivity contribution in [1.29, 1.82) is 0 Å². The Hall–Kier alpha value is -3.49. The minimum Gasteiger partial charge on any atom is -0.503 e. The molecule has 3 aromatic rings. The summed E-state index contributed by atoms with van der Waals surface area (Å²) in [5.74, 6) is -1.05. The Morgan fingerprint density at radius 1 is 1.18 bits per heavy atom. The van der Waals surface area contributed by atoms with Crippen molar-refractivity contribution in [1.82, 2.24) is 9.80 Å². The van der Waals surface area contributed by atoms with Crippen molar-refractivity contribution in [3.05, 3.63) is 70.1 Å². The number of ether oxygens (including phenoxy) is 2. The molecule has 0 radical (unpaired) electrons. The standard InChI is InChI=1S/C25H25ClN2O6/c1-27(2)10-11-28-21(16-6-5-7-18(32-3)24(16)33-4)20(23(30)25(28)31)22(29)19-13-14-12-15(26)8-9-17(14)34-19/h5-9,12-13,21,30H,10-11H2,1-4H3. The van der Waals surface area contributed by atoms with Gasteiger partial charge in [0.15, 0.2) is 23.0 Å². The summed E-state index contributed by atoms with van der Waals surface area (Å²) < 4.78 is 16.8. The maximum Gasteiger partial charge on any atom is 0.290 e. The second kappa shape index (κ2) is 9.40. The molecule has 0 fully saturated rings. The molecule has 0 spiro atoms. The molecular weight excluding hydrogens is 460 g/mol. The molecule has 9 heteroatoms. The van der Waals surface area contributed by atoms with Crippen LogP contribution in [0.3, 0.4) is 0 Å². The minimum atomic E-state index is -0.901. The highest BCUT2D eigenvalue weighted by atomic mass is 35.5. The number of ketones is 1. The lowest BCUT2D eigenvalue weighted by Crippen LogP contribution is -2.36. The Labute approximate surface area is 201 Å². The molecule has 1 amide bonds.